The first kappa shape index (κ1) is 30.0. The van der Waals surface area contributed by atoms with Crippen LogP contribution in [0.5, 0.6) is 0 Å². The number of halogens is 4. The van der Waals surface area contributed by atoms with E-state index in [1.807, 2.05) is 6.07 Å². The van der Waals surface area contributed by atoms with Crippen LogP contribution < -0.4 is 10.2 Å². The molecule has 1 N–H and O–H groups in total. The number of anilines is 1. The molecular formula is C29H30F4N6O4. The molecule has 2 fully saturated rings. The van der Waals surface area contributed by atoms with Gasteiger partial charge in [-0.05, 0) is 55.2 Å². The summed E-state index contributed by atoms with van der Waals surface area (Å²) in [6.45, 7) is 3.41. The molecule has 2 aliphatic heterocycles. The van der Waals surface area contributed by atoms with Crippen molar-refractivity contribution in [2.75, 3.05) is 25.0 Å². The van der Waals surface area contributed by atoms with E-state index in [0.717, 1.165) is 15.8 Å². The Bertz CT molecular complexity index is 1630. The van der Waals surface area contributed by atoms with Crippen molar-refractivity contribution in [3.05, 3.63) is 59.5 Å². The van der Waals surface area contributed by atoms with Crippen molar-refractivity contribution in [3.63, 3.8) is 0 Å². The highest BCUT2D eigenvalue weighted by Crippen LogP contribution is 2.41. The Kier molecular flexibility index (Phi) is 7.43. The van der Waals surface area contributed by atoms with Gasteiger partial charge in [0.15, 0.2) is 0 Å². The minimum atomic E-state index is -4.79. The number of aromatic nitrogens is 2. The predicted molar refractivity (Wildman–Crippen MR) is 147 cm³/mol. The van der Waals surface area contributed by atoms with Crippen LogP contribution in [-0.4, -0.2) is 75.1 Å². The number of nitrogens with one attached hydrogen (secondary N) is 1. The molecule has 5 rings (SSSR count). The molecule has 43 heavy (non-hydrogen) atoms. The lowest BCUT2D eigenvalue weighted by Gasteiger charge is -2.43. The van der Waals surface area contributed by atoms with Gasteiger partial charge in [0.25, 0.3) is 11.8 Å². The lowest BCUT2D eigenvalue weighted by Crippen LogP contribution is -2.60. The molecule has 1 atom stereocenters. The SMILES string of the molecule is CC(C)[C@@H](NC(=O)c1cc(C(F)(F)F)ccc1F)C(=O)N1CCC2(CC1)C(=O)N(C)C(=O)N2c1ccc2c(cnn2C)c1. The number of imide groups is 1. The molecule has 1 spiro atoms. The fraction of sp³-hybridized carbons (Fsp3) is 0.414. The van der Waals surface area contributed by atoms with Crippen LogP contribution in [0.2, 0.25) is 0 Å². The van der Waals surface area contributed by atoms with Crippen LogP contribution in [0.25, 0.3) is 10.9 Å². The van der Waals surface area contributed by atoms with Gasteiger partial charge in [-0.1, -0.05) is 13.8 Å². The van der Waals surface area contributed by atoms with Crippen molar-refractivity contribution in [3.8, 4) is 0 Å². The van der Waals surface area contributed by atoms with E-state index in [0.29, 0.717) is 23.9 Å². The minimum Gasteiger partial charge on any atom is -0.341 e. The molecule has 2 aromatic carbocycles. The summed E-state index contributed by atoms with van der Waals surface area (Å²) in [7, 11) is 3.20. The molecule has 5 amide bonds. The standard InChI is InChI=1S/C29H30F4N6O4/c1-16(2)23(35-24(40)20-14-18(29(31,32)33)5-7-21(20)30)25(41)38-11-9-28(10-12-38)26(42)36(3)27(43)39(28)19-6-8-22-17(13-19)15-34-37(22)4/h5-8,13-16,23H,9-12H2,1-4H3,(H,35,40)/t23-/m1/s1. The molecule has 2 saturated heterocycles. The molecule has 1 aromatic heterocycles. The number of hydrogen-bond donors (Lipinski definition) is 1. The summed E-state index contributed by atoms with van der Waals surface area (Å²) in [4.78, 5) is 57.2. The highest BCUT2D eigenvalue weighted by Gasteiger charge is 2.58. The van der Waals surface area contributed by atoms with Gasteiger partial charge in [0.1, 0.15) is 17.4 Å². The summed E-state index contributed by atoms with van der Waals surface area (Å²) in [5.74, 6) is -3.73. The first-order chi connectivity index (χ1) is 20.2. The van der Waals surface area contributed by atoms with Gasteiger partial charge in [0.05, 0.1) is 22.8 Å². The van der Waals surface area contributed by atoms with Gasteiger partial charge < -0.3 is 10.2 Å². The Labute approximate surface area is 244 Å². The zero-order valence-electron chi connectivity index (χ0n) is 23.9. The van der Waals surface area contributed by atoms with E-state index in [-0.39, 0.29) is 25.9 Å². The maximum Gasteiger partial charge on any atom is 0.416 e. The monoisotopic (exact) mass is 602 g/mol. The molecule has 2 aliphatic rings. The Morgan fingerprint density at radius 3 is 2.33 bits per heavy atom. The summed E-state index contributed by atoms with van der Waals surface area (Å²) in [5, 5.41) is 7.41. The molecular weight excluding hydrogens is 572 g/mol. The molecule has 0 unspecified atom stereocenters. The Hall–Kier alpha value is -4.49. The van der Waals surface area contributed by atoms with Crippen LogP contribution in [0.15, 0.2) is 42.6 Å². The van der Waals surface area contributed by atoms with Crippen LogP contribution in [0, 0.1) is 11.7 Å². The van der Waals surface area contributed by atoms with Crippen LogP contribution in [0.1, 0.15) is 42.6 Å². The third-order valence-corrected chi connectivity index (χ3v) is 8.26. The quantitative estimate of drug-likeness (QED) is 0.352. The Balaban J connectivity index is 1.36. The van der Waals surface area contributed by atoms with Gasteiger partial charge in [-0.25, -0.2) is 9.18 Å². The number of carbonyl (C=O) groups excluding carboxylic acids is 4. The van der Waals surface area contributed by atoms with Gasteiger partial charge >= 0.3 is 12.2 Å². The van der Waals surface area contributed by atoms with Crippen LogP contribution >= 0.6 is 0 Å². The number of rotatable bonds is 5. The fourth-order valence-corrected chi connectivity index (χ4v) is 5.81. The number of amides is 5. The highest BCUT2D eigenvalue weighted by atomic mass is 19.4. The van der Waals surface area contributed by atoms with Crippen molar-refractivity contribution in [1.82, 2.24) is 24.9 Å². The van der Waals surface area contributed by atoms with Gasteiger partial charge in [0.2, 0.25) is 5.91 Å². The van der Waals surface area contributed by atoms with Gasteiger partial charge in [-0.15, -0.1) is 0 Å². The van der Waals surface area contributed by atoms with Crippen molar-refractivity contribution in [2.45, 2.75) is 44.4 Å². The van der Waals surface area contributed by atoms with E-state index in [1.54, 1.807) is 43.9 Å². The highest BCUT2D eigenvalue weighted by molar-refractivity contribution is 6.17. The van der Waals surface area contributed by atoms with Crippen molar-refractivity contribution < 1.29 is 36.7 Å². The Morgan fingerprint density at radius 1 is 1.02 bits per heavy atom. The first-order valence-corrected chi connectivity index (χ1v) is 13.7. The maximum absolute atomic E-state index is 14.4. The lowest BCUT2D eigenvalue weighted by molar-refractivity contribution is -0.139. The third-order valence-electron chi connectivity index (χ3n) is 8.26. The zero-order chi connectivity index (χ0) is 31.4. The van der Waals surface area contributed by atoms with Crippen LogP contribution in [0.3, 0.4) is 0 Å². The number of fused-ring (bicyclic) bond motifs is 1. The average molecular weight is 603 g/mol. The van der Waals surface area contributed by atoms with E-state index >= 15 is 0 Å². The van der Waals surface area contributed by atoms with E-state index in [2.05, 4.69) is 10.4 Å². The summed E-state index contributed by atoms with van der Waals surface area (Å²) >= 11 is 0. The lowest BCUT2D eigenvalue weighted by atomic mass is 9.85. The van der Waals surface area contributed by atoms with Crippen molar-refractivity contribution >= 4 is 40.3 Å². The molecule has 3 aromatic rings. The maximum atomic E-state index is 14.4. The van der Waals surface area contributed by atoms with E-state index < -0.39 is 64.4 Å². The number of likely N-dealkylation sites (tertiary alicyclic amines) is 1. The van der Waals surface area contributed by atoms with Crippen molar-refractivity contribution in [1.29, 1.82) is 0 Å². The second-order valence-corrected chi connectivity index (χ2v) is 11.2. The number of hydrogen-bond acceptors (Lipinski definition) is 5. The summed E-state index contributed by atoms with van der Waals surface area (Å²) in [5.41, 5.74) is -1.91. The number of carbonyl (C=O) groups is 4. The third kappa shape index (κ3) is 5.08. The molecule has 3 heterocycles. The number of likely N-dealkylation sites (N-methyl/N-ethyl adjacent to an activating group) is 1. The largest absolute Gasteiger partial charge is 0.416 e. The van der Waals surface area contributed by atoms with E-state index in [1.165, 1.54) is 16.8 Å². The number of benzene rings is 2. The molecule has 10 nitrogen and oxygen atoms in total. The fourth-order valence-electron chi connectivity index (χ4n) is 5.81. The van der Waals surface area contributed by atoms with E-state index in [4.69, 9.17) is 0 Å². The van der Waals surface area contributed by atoms with Gasteiger partial charge in [-0.3, -0.25) is 28.9 Å². The molecule has 0 radical (unpaired) electrons. The molecule has 0 aliphatic carbocycles. The second-order valence-electron chi connectivity index (χ2n) is 11.2. The summed E-state index contributed by atoms with van der Waals surface area (Å²) in [6, 6.07) is 5.16. The topological polar surface area (TPSA) is 108 Å². The van der Waals surface area contributed by atoms with Crippen LogP contribution in [-0.2, 0) is 22.8 Å². The summed E-state index contributed by atoms with van der Waals surface area (Å²) in [6.07, 6.45) is -2.91. The number of aryl methyl sites for hydroxylation is 1. The number of nitrogens with zero attached hydrogens (tertiary/aromatic N) is 5. The smallest absolute Gasteiger partial charge is 0.341 e. The normalized spacial score (nSPS) is 17.8. The van der Waals surface area contributed by atoms with Crippen LogP contribution in [0.4, 0.5) is 28.0 Å². The predicted octanol–water partition coefficient (Wildman–Crippen LogP) is 3.95. The average Bonchev–Trinajstić information content (AvgIpc) is 3.41. The minimum absolute atomic E-state index is 0.0638. The summed E-state index contributed by atoms with van der Waals surface area (Å²) < 4.78 is 55.5. The van der Waals surface area contributed by atoms with Gasteiger partial charge in [-0.2, -0.15) is 18.3 Å². The number of urea groups is 1. The van der Waals surface area contributed by atoms with Crippen molar-refractivity contribution in [2.24, 2.45) is 13.0 Å². The second kappa shape index (κ2) is 10.7. The number of piperidine rings is 1. The van der Waals surface area contributed by atoms with E-state index in [9.17, 15) is 36.7 Å². The van der Waals surface area contributed by atoms with Gasteiger partial charge in [0, 0.05) is 38.3 Å². The molecule has 0 bridgehead atoms. The molecule has 0 saturated carbocycles. The molecule has 14 heteroatoms. The Morgan fingerprint density at radius 2 is 1.70 bits per heavy atom. The zero-order valence-corrected chi connectivity index (χ0v) is 23.9. The first-order valence-electron chi connectivity index (χ1n) is 13.7. The number of alkyl halides is 3. The molecule has 228 valence electrons.